The maximum absolute atomic E-state index is 12.9. The fraction of sp³-hybridized carbons (Fsp3) is 0.545. The van der Waals surface area contributed by atoms with Gasteiger partial charge in [0.15, 0.2) is 0 Å². The summed E-state index contributed by atoms with van der Waals surface area (Å²) in [6.45, 7) is 4.60. The van der Waals surface area contributed by atoms with Gasteiger partial charge >= 0.3 is 5.97 Å². The molecule has 0 bridgehead atoms. The van der Waals surface area contributed by atoms with Gasteiger partial charge in [-0.1, -0.05) is 28.8 Å². The average molecular weight is 450 g/mol. The molecule has 1 amide bonds. The number of halogens is 1. The van der Waals surface area contributed by atoms with E-state index in [2.05, 4.69) is 27.2 Å². The van der Waals surface area contributed by atoms with Gasteiger partial charge in [0.1, 0.15) is 5.54 Å². The van der Waals surface area contributed by atoms with E-state index in [0.717, 1.165) is 40.4 Å². The molecule has 0 spiro atoms. The highest BCUT2D eigenvalue weighted by Gasteiger charge is 2.45. The second kappa shape index (κ2) is 10.1. The summed E-state index contributed by atoms with van der Waals surface area (Å²) in [7, 11) is 1.35. The molecule has 2 atom stereocenters. The molecule has 6 heteroatoms. The van der Waals surface area contributed by atoms with Crippen LogP contribution >= 0.6 is 15.9 Å². The molecule has 0 saturated heterocycles. The number of carbonyl (C=O) groups excluding carboxylic acids is 2. The number of hydrogen-bond donors (Lipinski definition) is 1. The minimum absolute atomic E-state index is 0.0588. The number of methoxy groups -OCH3 is 1. The summed E-state index contributed by atoms with van der Waals surface area (Å²) in [5.41, 5.74) is 1.49. The first-order valence-corrected chi connectivity index (χ1v) is 10.4. The molecule has 2 rings (SSSR count). The van der Waals surface area contributed by atoms with E-state index in [0.29, 0.717) is 19.4 Å². The summed E-state index contributed by atoms with van der Waals surface area (Å²) < 4.78 is 11.7. The zero-order valence-electron chi connectivity index (χ0n) is 16.8. The Morgan fingerprint density at radius 3 is 2.79 bits per heavy atom. The number of esters is 1. The third kappa shape index (κ3) is 5.36. The zero-order valence-corrected chi connectivity index (χ0v) is 18.4. The van der Waals surface area contributed by atoms with Gasteiger partial charge in [-0.3, -0.25) is 4.79 Å². The maximum Gasteiger partial charge on any atom is 0.331 e. The highest BCUT2D eigenvalue weighted by Crippen LogP contribution is 2.32. The average Bonchev–Trinajstić information content (AvgIpc) is 2.68. The molecule has 1 aromatic rings. The van der Waals surface area contributed by atoms with E-state index < -0.39 is 11.5 Å². The minimum atomic E-state index is -1.04. The van der Waals surface area contributed by atoms with Gasteiger partial charge < -0.3 is 14.8 Å². The highest BCUT2D eigenvalue weighted by atomic mass is 79.9. The molecular weight excluding hydrogens is 422 g/mol. The fourth-order valence-corrected chi connectivity index (χ4v) is 4.45. The predicted molar refractivity (Wildman–Crippen MR) is 112 cm³/mol. The van der Waals surface area contributed by atoms with Crippen molar-refractivity contribution in [3.63, 3.8) is 0 Å². The fourth-order valence-electron chi connectivity index (χ4n) is 3.75. The molecule has 0 heterocycles. The first-order chi connectivity index (χ1) is 13.3. The van der Waals surface area contributed by atoms with Crippen molar-refractivity contribution in [2.45, 2.75) is 64.0 Å². The lowest BCUT2D eigenvalue weighted by Crippen LogP contribution is -2.59. The van der Waals surface area contributed by atoms with Crippen LogP contribution in [0.4, 0.5) is 0 Å². The SMILES string of the molecule is C#Cc1cc(C)c(CC(=O)NC2(C(=O)OC)CCCC(OCCC)C2)c(Br)c1. The Kier molecular flexibility index (Phi) is 8.09. The number of nitrogens with one attached hydrogen (secondary N) is 1. The number of carbonyl (C=O) groups is 2. The number of terminal acetylenes is 1. The van der Waals surface area contributed by atoms with Crippen molar-refractivity contribution in [1.82, 2.24) is 5.32 Å². The van der Waals surface area contributed by atoms with Crippen molar-refractivity contribution in [1.29, 1.82) is 0 Å². The van der Waals surface area contributed by atoms with Gasteiger partial charge in [-0.2, -0.15) is 0 Å². The zero-order chi connectivity index (χ0) is 20.7. The summed E-state index contributed by atoms with van der Waals surface area (Å²) in [5.74, 6) is 1.96. The van der Waals surface area contributed by atoms with Crippen LogP contribution in [0.5, 0.6) is 0 Å². The Labute approximate surface area is 175 Å². The highest BCUT2D eigenvalue weighted by molar-refractivity contribution is 9.10. The van der Waals surface area contributed by atoms with Gasteiger partial charge in [0.05, 0.1) is 19.6 Å². The number of hydrogen-bond acceptors (Lipinski definition) is 4. The Morgan fingerprint density at radius 2 is 2.18 bits per heavy atom. The summed E-state index contributed by atoms with van der Waals surface area (Å²) in [6, 6.07) is 3.69. The van der Waals surface area contributed by atoms with Gasteiger partial charge in [0.25, 0.3) is 0 Å². The molecule has 152 valence electrons. The van der Waals surface area contributed by atoms with Gasteiger partial charge in [-0.25, -0.2) is 4.79 Å². The molecule has 2 unspecified atom stereocenters. The smallest absolute Gasteiger partial charge is 0.331 e. The van der Waals surface area contributed by atoms with E-state index in [1.165, 1.54) is 7.11 Å². The van der Waals surface area contributed by atoms with E-state index in [1.54, 1.807) is 0 Å². The molecule has 0 aliphatic heterocycles. The lowest BCUT2D eigenvalue weighted by molar-refractivity contribution is -0.155. The third-order valence-corrected chi connectivity index (χ3v) is 5.85. The van der Waals surface area contributed by atoms with Crippen LogP contribution in [0.2, 0.25) is 0 Å². The number of amides is 1. The summed E-state index contributed by atoms with van der Waals surface area (Å²) in [4.78, 5) is 25.5. The second-order valence-electron chi connectivity index (χ2n) is 7.29. The van der Waals surface area contributed by atoms with Gasteiger partial charge in [-0.05, 0) is 55.9 Å². The molecule has 5 nitrogen and oxygen atoms in total. The van der Waals surface area contributed by atoms with E-state index in [4.69, 9.17) is 15.9 Å². The molecule has 1 saturated carbocycles. The molecule has 1 aliphatic rings. The Hall–Kier alpha value is -1.84. The van der Waals surface area contributed by atoms with Crippen LogP contribution in [-0.4, -0.2) is 37.2 Å². The number of benzene rings is 1. The summed E-state index contributed by atoms with van der Waals surface area (Å²) in [5, 5.41) is 2.97. The van der Waals surface area contributed by atoms with Crippen LogP contribution in [0.25, 0.3) is 0 Å². The lowest BCUT2D eigenvalue weighted by atomic mass is 9.79. The normalized spacial score (nSPS) is 21.6. The van der Waals surface area contributed by atoms with Crippen molar-refractivity contribution in [2.75, 3.05) is 13.7 Å². The number of rotatable bonds is 7. The number of aryl methyl sites for hydroxylation is 1. The number of ether oxygens (including phenoxy) is 2. The lowest BCUT2D eigenvalue weighted by Gasteiger charge is -2.39. The van der Waals surface area contributed by atoms with Crippen LogP contribution in [0, 0.1) is 19.3 Å². The molecule has 1 aliphatic carbocycles. The first kappa shape index (κ1) is 22.4. The van der Waals surface area contributed by atoms with Gasteiger partial charge in [0, 0.05) is 23.1 Å². The van der Waals surface area contributed by atoms with E-state index >= 15 is 0 Å². The summed E-state index contributed by atoms with van der Waals surface area (Å²) in [6.07, 6.45) is 9.12. The van der Waals surface area contributed by atoms with Crippen molar-refractivity contribution in [3.05, 3.63) is 33.3 Å². The van der Waals surface area contributed by atoms with E-state index in [-0.39, 0.29) is 18.4 Å². The second-order valence-corrected chi connectivity index (χ2v) is 8.14. The Balaban J connectivity index is 2.18. The van der Waals surface area contributed by atoms with Crippen LogP contribution in [-0.2, 0) is 25.5 Å². The van der Waals surface area contributed by atoms with Crippen LogP contribution < -0.4 is 5.32 Å². The van der Waals surface area contributed by atoms with Crippen LogP contribution in [0.15, 0.2) is 16.6 Å². The molecular formula is C22H28BrNO4. The standard InChI is InChI=1S/C22H28BrNO4/c1-5-10-28-17-8-7-9-22(14-17,21(26)27-4)24-20(25)13-18-15(3)11-16(6-2)12-19(18)23/h2,11-12,17H,5,7-10,13-14H2,1,3-4H3,(H,24,25). The monoisotopic (exact) mass is 449 g/mol. The largest absolute Gasteiger partial charge is 0.467 e. The topological polar surface area (TPSA) is 64.6 Å². The third-order valence-electron chi connectivity index (χ3n) is 5.14. The first-order valence-electron chi connectivity index (χ1n) is 9.62. The van der Waals surface area contributed by atoms with Crippen molar-refractivity contribution in [2.24, 2.45) is 0 Å². The molecule has 1 N–H and O–H groups in total. The molecule has 1 aromatic carbocycles. The van der Waals surface area contributed by atoms with Crippen molar-refractivity contribution >= 4 is 27.8 Å². The summed E-state index contributed by atoms with van der Waals surface area (Å²) >= 11 is 3.50. The van der Waals surface area contributed by atoms with E-state index in [9.17, 15) is 9.59 Å². The Morgan fingerprint density at radius 1 is 1.43 bits per heavy atom. The van der Waals surface area contributed by atoms with Crippen molar-refractivity contribution in [3.8, 4) is 12.3 Å². The quantitative estimate of drug-likeness (QED) is 0.509. The van der Waals surface area contributed by atoms with Crippen molar-refractivity contribution < 1.29 is 19.1 Å². The van der Waals surface area contributed by atoms with Gasteiger partial charge in [-0.15, -0.1) is 6.42 Å². The van der Waals surface area contributed by atoms with Crippen LogP contribution in [0.1, 0.15) is 55.7 Å². The molecule has 0 radical (unpaired) electrons. The Bertz CT molecular complexity index is 747. The minimum Gasteiger partial charge on any atom is -0.467 e. The predicted octanol–water partition coefficient (Wildman–Crippen LogP) is 3.68. The molecule has 0 aromatic heterocycles. The van der Waals surface area contributed by atoms with Crippen LogP contribution in [0.3, 0.4) is 0 Å². The molecule has 28 heavy (non-hydrogen) atoms. The maximum atomic E-state index is 12.9. The molecule has 1 fully saturated rings. The van der Waals surface area contributed by atoms with Gasteiger partial charge in [0.2, 0.25) is 5.91 Å². The van der Waals surface area contributed by atoms with E-state index in [1.807, 2.05) is 26.0 Å².